The first-order chi connectivity index (χ1) is 8.86. The van der Waals surface area contributed by atoms with E-state index in [0.29, 0.717) is 5.56 Å². The van der Waals surface area contributed by atoms with Gasteiger partial charge in [-0.15, -0.1) is 11.3 Å². The fraction of sp³-hybridized carbons (Fsp3) is 0. The molecule has 2 aromatic heterocycles. The summed E-state index contributed by atoms with van der Waals surface area (Å²) in [7, 11) is 0. The van der Waals surface area contributed by atoms with Gasteiger partial charge < -0.3 is 4.98 Å². The van der Waals surface area contributed by atoms with Gasteiger partial charge in [0.05, 0.1) is 23.0 Å². The molecule has 0 fully saturated rings. The van der Waals surface area contributed by atoms with E-state index in [2.05, 4.69) is 16.0 Å². The summed E-state index contributed by atoms with van der Waals surface area (Å²) < 4.78 is 0. The third-order valence-corrected chi connectivity index (χ3v) is 3.52. The fourth-order valence-corrected chi connectivity index (χ4v) is 2.53. The Balaban J connectivity index is 1.95. The SMILES string of the molecule is N#Cc1ccc(-c2csc(-c3ccc[nH]3)n2)cc1. The van der Waals surface area contributed by atoms with Crippen LogP contribution < -0.4 is 0 Å². The van der Waals surface area contributed by atoms with Crippen LogP contribution in [0.25, 0.3) is 22.0 Å². The highest BCUT2D eigenvalue weighted by molar-refractivity contribution is 7.13. The molecule has 0 radical (unpaired) electrons. The van der Waals surface area contributed by atoms with Crippen molar-refractivity contribution in [2.24, 2.45) is 0 Å². The van der Waals surface area contributed by atoms with Crippen molar-refractivity contribution in [2.75, 3.05) is 0 Å². The van der Waals surface area contributed by atoms with Gasteiger partial charge in [0.25, 0.3) is 0 Å². The molecule has 1 aromatic carbocycles. The molecular formula is C14H9N3S. The normalized spacial score (nSPS) is 10.2. The number of nitriles is 1. The predicted octanol–water partition coefficient (Wildman–Crippen LogP) is 3.68. The number of benzene rings is 1. The van der Waals surface area contributed by atoms with Gasteiger partial charge in [-0.05, 0) is 24.3 Å². The molecule has 0 atom stereocenters. The van der Waals surface area contributed by atoms with E-state index in [1.165, 1.54) is 0 Å². The molecule has 0 aliphatic rings. The molecule has 3 aromatic rings. The van der Waals surface area contributed by atoms with Crippen molar-refractivity contribution in [1.82, 2.24) is 9.97 Å². The van der Waals surface area contributed by atoms with E-state index in [9.17, 15) is 0 Å². The zero-order valence-corrected chi connectivity index (χ0v) is 10.2. The van der Waals surface area contributed by atoms with Crippen molar-refractivity contribution >= 4 is 11.3 Å². The smallest absolute Gasteiger partial charge is 0.140 e. The van der Waals surface area contributed by atoms with E-state index >= 15 is 0 Å². The Morgan fingerprint density at radius 3 is 2.67 bits per heavy atom. The molecule has 0 bridgehead atoms. The van der Waals surface area contributed by atoms with Gasteiger partial charge >= 0.3 is 0 Å². The summed E-state index contributed by atoms with van der Waals surface area (Å²) in [6, 6.07) is 13.5. The van der Waals surface area contributed by atoms with Crippen LogP contribution in [0, 0.1) is 11.3 Å². The van der Waals surface area contributed by atoms with Gasteiger partial charge in [-0.2, -0.15) is 5.26 Å². The molecule has 0 aliphatic heterocycles. The Bertz CT molecular complexity index is 687. The molecule has 86 valence electrons. The van der Waals surface area contributed by atoms with Crippen LogP contribution in [0.3, 0.4) is 0 Å². The van der Waals surface area contributed by atoms with Gasteiger partial charge in [-0.3, -0.25) is 0 Å². The topological polar surface area (TPSA) is 52.5 Å². The number of hydrogen-bond donors (Lipinski definition) is 1. The molecule has 0 unspecified atom stereocenters. The monoisotopic (exact) mass is 251 g/mol. The van der Waals surface area contributed by atoms with Crippen LogP contribution in [-0.4, -0.2) is 9.97 Å². The molecule has 3 nitrogen and oxygen atoms in total. The maximum absolute atomic E-state index is 8.76. The van der Waals surface area contributed by atoms with Crippen LogP contribution in [-0.2, 0) is 0 Å². The second-order valence-corrected chi connectivity index (χ2v) is 4.67. The minimum absolute atomic E-state index is 0.665. The Morgan fingerprint density at radius 1 is 1.17 bits per heavy atom. The number of aromatic amines is 1. The summed E-state index contributed by atoms with van der Waals surface area (Å²) in [5, 5.41) is 11.8. The number of nitrogens with one attached hydrogen (secondary N) is 1. The van der Waals surface area contributed by atoms with Crippen LogP contribution >= 0.6 is 11.3 Å². The number of nitrogens with zero attached hydrogens (tertiary/aromatic N) is 2. The van der Waals surface area contributed by atoms with Gasteiger partial charge in [-0.1, -0.05) is 12.1 Å². The predicted molar refractivity (Wildman–Crippen MR) is 72.1 cm³/mol. The summed E-state index contributed by atoms with van der Waals surface area (Å²) in [5.41, 5.74) is 3.66. The van der Waals surface area contributed by atoms with Gasteiger partial charge in [0, 0.05) is 17.1 Å². The quantitative estimate of drug-likeness (QED) is 0.755. The number of hydrogen-bond acceptors (Lipinski definition) is 3. The Labute approximate surface area is 108 Å². The van der Waals surface area contributed by atoms with Crippen molar-refractivity contribution in [3.63, 3.8) is 0 Å². The van der Waals surface area contributed by atoms with Crippen LogP contribution in [0.15, 0.2) is 48.0 Å². The van der Waals surface area contributed by atoms with E-state index in [1.807, 2.05) is 48.0 Å². The first kappa shape index (κ1) is 10.8. The van der Waals surface area contributed by atoms with E-state index < -0.39 is 0 Å². The van der Waals surface area contributed by atoms with Crippen molar-refractivity contribution < 1.29 is 0 Å². The average molecular weight is 251 g/mol. The lowest BCUT2D eigenvalue weighted by atomic mass is 10.1. The summed E-state index contributed by atoms with van der Waals surface area (Å²) in [6.45, 7) is 0. The highest BCUT2D eigenvalue weighted by Gasteiger charge is 2.06. The molecule has 0 saturated carbocycles. The van der Waals surface area contributed by atoms with Crippen LogP contribution in [0.4, 0.5) is 0 Å². The number of rotatable bonds is 2. The molecule has 0 saturated heterocycles. The highest BCUT2D eigenvalue weighted by Crippen LogP contribution is 2.27. The molecule has 4 heteroatoms. The third-order valence-electron chi connectivity index (χ3n) is 2.64. The third kappa shape index (κ3) is 1.92. The number of H-pyrrole nitrogens is 1. The summed E-state index contributed by atoms with van der Waals surface area (Å²) in [5.74, 6) is 0. The molecule has 0 aliphatic carbocycles. The highest BCUT2D eigenvalue weighted by atomic mass is 32.1. The first-order valence-corrected chi connectivity index (χ1v) is 6.34. The van der Waals surface area contributed by atoms with E-state index in [-0.39, 0.29) is 0 Å². The van der Waals surface area contributed by atoms with Gasteiger partial charge in [0.2, 0.25) is 0 Å². The average Bonchev–Trinajstić information content (AvgIpc) is 3.09. The van der Waals surface area contributed by atoms with Crippen molar-refractivity contribution in [2.45, 2.75) is 0 Å². The summed E-state index contributed by atoms with van der Waals surface area (Å²) in [4.78, 5) is 7.72. The number of thiazole rings is 1. The van der Waals surface area contributed by atoms with Gasteiger partial charge in [0.15, 0.2) is 0 Å². The molecule has 0 spiro atoms. The Morgan fingerprint density at radius 2 is 2.00 bits per heavy atom. The summed E-state index contributed by atoms with van der Waals surface area (Å²) >= 11 is 1.60. The summed E-state index contributed by atoms with van der Waals surface area (Å²) in [6.07, 6.45) is 1.89. The largest absolute Gasteiger partial charge is 0.359 e. The van der Waals surface area contributed by atoms with Crippen LogP contribution in [0.1, 0.15) is 5.56 Å². The zero-order valence-electron chi connectivity index (χ0n) is 9.42. The number of aromatic nitrogens is 2. The van der Waals surface area contributed by atoms with Gasteiger partial charge in [0.1, 0.15) is 5.01 Å². The van der Waals surface area contributed by atoms with Crippen molar-refractivity contribution in [1.29, 1.82) is 5.26 Å². The Hall–Kier alpha value is -2.38. The van der Waals surface area contributed by atoms with E-state index in [0.717, 1.165) is 22.0 Å². The van der Waals surface area contributed by atoms with Crippen molar-refractivity contribution in [3.05, 3.63) is 53.5 Å². The minimum atomic E-state index is 0.665. The van der Waals surface area contributed by atoms with Gasteiger partial charge in [-0.25, -0.2) is 4.98 Å². The first-order valence-electron chi connectivity index (χ1n) is 5.46. The Kier molecular flexibility index (Phi) is 2.67. The molecule has 2 heterocycles. The molecular weight excluding hydrogens is 242 g/mol. The second-order valence-electron chi connectivity index (χ2n) is 3.81. The van der Waals surface area contributed by atoms with E-state index in [1.54, 1.807) is 11.3 Å². The lowest BCUT2D eigenvalue weighted by molar-refractivity contribution is 1.34. The lowest BCUT2D eigenvalue weighted by Gasteiger charge is -1.95. The molecule has 3 rings (SSSR count). The van der Waals surface area contributed by atoms with E-state index in [4.69, 9.17) is 5.26 Å². The van der Waals surface area contributed by atoms with Crippen molar-refractivity contribution in [3.8, 4) is 28.0 Å². The molecule has 1 N–H and O–H groups in total. The molecule has 18 heavy (non-hydrogen) atoms. The maximum Gasteiger partial charge on any atom is 0.140 e. The minimum Gasteiger partial charge on any atom is -0.359 e. The fourth-order valence-electron chi connectivity index (χ4n) is 1.71. The lowest BCUT2D eigenvalue weighted by Crippen LogP contribution is -1.80. The van der Waals surface area contributed by atoms with Crippen LogP contribution in [0.2, 0.25) is 0 Å². The second kappa shape index (κ2) is 4.47. The standard InChI is InChI=1S/C14H9N3S/c15-8-10-3-5-11(6-4-10)13-9-18-14(17-13)12-2-1-7-16-12/h1-7,9,16H. The molecule has 0 amide bonds. The van der Waals surface area contributed by atoms with Crippen LogP contribution in [0.5, 0.6) is 0 Å². The maximum atomic E-state index is 8.76. The zero-order chi connectivity index (χ0) is 12.4.